The zero-order valence-corrected chi connectivity index (χ0v) is 13.0. The Bertz CT molecular complexity index is 818. The molecule has 22 heavy (non-hydrogen) atoms. The summed E-state index contributed by atoms with van der Waals surface area (Å²) in [7, 11) is 1.97. The van der Waals surface area contributed by atoms with Crippen molar-refractivity contribution in [2.24, 2.45) is 7.05 Å². The highest BCUT2D eigenvalue weighted by molar-refractivity contribution is 7.12. The van der Waals surface area contributed by atoms with Crippen molar-refractivity contribution in [2.75, 3.05) is 5.32 Å². The minimum absolute atomic E-state index is 0.0167. The maximum Gasteiger partial charge on any atom is 0.224 e. The predicted molar refractivity (Wildman–Crippen MR) is 89.4 cm³/mol. The van der Waals surface area contributed by atoms with Crippen LogP contribution in [0.15, 0.2) is 48.0 Å². The second kappa shape index (κ2) is 6.15. The monoisotopic (exact) mass is 312 g/mol. The number of aryl methyl sites for hydroxylation is 1. The van der Waals surface area contributed by atoms with Crippen molar-refractivity contribution < 1.29 is 9.59 Å². The summed E-state index contributed by atoms with van der Waals surface area (Å²) in [4.78, 5) is 24.6. The Morgan fingerprint density at radius 3 is 2.82 bits per heavy atom. The molecule has 1 amide bonds. The van der Waals surface area contributed by atoms with E-state index in [1.807, 2.05) is 53.5 Å². The Hall–Kier alpha value is -2.40. The number of hydrogen-bond donors (Lipinski definition) is 1. The van der Waals surface area contributed by atoms with Gasteiger partial charge in [0.25, 0.3) is 0 Å². The van der Waals surface area contributed by atoms with Gasteiger partial charge >= 0.3 is 0 Å². The fourth-order valence-corrected chi connectivity index (χ4v) is 3.05. The quantitative estimate of drug-likeness (QED) is 0.728. The van der Waals surface area contributed by atoms with Gasteiger partial charge in [0.1, 0.15) is 0 Å². The topological polar surface area (TPSA) is 51.1 Å². The first-order valence-electron chi connectivity index (χ1n) is 7.05. The van der Waals surface area contributed by atoms with Crippen LogP contribution in [0.1, 0.15) is 22.5 Å². The van der Waals surface area contributed by atoms with Crippen LogP contribution in [0.5, 0.6) is 0 Å². The summed E-state index contributed by atoms with van der Waals surface area (Å²) in [5.74, 6) is -0.124. The lowest BCUT2D eigenvalue weighted by atomic mass is 10.2. The lowest BCUT2D eigenvalue weighted by Gasteiger charge is -2.06. The number of anilines is 1. The van der Waals surface area contributed by atoms with Crippen LogP contribution in [0.4, 0.5) is 5.69 Å². The Labute approximate surface area is 132 Å². The van der Waals surface area contributed by atoms with Gasteiger partial charge in [0, 0.05) is 37.3 Å². The highest BCUT2D eigenvalue weighted by Crippen LogP contribution is 2.20. The lowest BCUT2D eigenvalue weighted by Crippen LogP contribution is -2.13. The largest absolute Gasteiger partial charge is 0.350 e. The number of amides is 1. The van der Waals surface area contributed by atoms with E-state index in [1.165, 1.54) is 11.3 Å². The highest BCUT2D eigenvalue weighted by atomic mass is 32.1. The number of nitrogens with one attached hydrogen (secondary N) is 1. The van der Waals surface area contributed by atoms with Crippen molar-refractivity contribution in [1.82, 2.24) is 4.57 Å². The molecule has 0 fully saturated rings. The van der Waals surface area contributed by atoms with Crippen molar-refractivity contribution in [2.45, 2.75) is 12.8 Å². The van der Waals surface area contributed by atoms with Crippen LogP contribution in [0.2, 0.25) is 0 Å². The summed E-state index contributed by atoms with van der Waals surface area (Å²) in [5, 5.41) is 5.85. The molecule has 4 nitrogen and oxygen atoms in total. The van der Waals surface area contributed by atoms with Gasteiger partial charge in [-0.3, -0.25) is 9.59 Å². The Morgan fingerprint density at radius 1 is 1.18 bits per heavy atom. The molecular formula is C17H16N2O2S. The Balaban J connectivity index is 1.60. The van der Waals surface area contributed by atoms with Crippen LogP contribution in [0, 0.1) is 0 Å². The van der Waals surface area contributed by atoms with Gasteiger partial charge in [0.15, 0.2) is 5.78 Å². The molecule has 112 valence electrons. The highest BCUT2D eigenvalue weighted by Gasteiger charge is 2.10. The molecule has 0 aliphatic carbocycles. The third-order valence-electron chi connectivity index (χ3n) is 3.55. The maximum absolute atomic E-state index is 12.0. The molecule has 0 unspecified atom stereocenters. The number of nitrogens with zero attached hydrogens (tertiary/aromatic N) is 1. The van der Waals surface area contributed by atoms with Crippen molar-refractivity contribution in [3.8, 4) is 0 Å². The number of carbonyl (C=O) groups is 2. The minimum atomic E-state index is -0.140. The van der Waals surface area contributed by atoms with E-state index in [0.29, 0.717) is 4.88 Å². The van der Waals surface area contributed by atoms with Gasteiger partial charge in [-0.2, -0.15) is 0 Å². The average molecular weight is 312 g/mol. The zero-order valence-electron chi connectivity index (χ0n) is 12.2. The van der Waals surface area contributed by atoms with E-state index in [2.05, 4.69) is 5.32 Å². The number of aromatic nitrogens is 1. The van der Waals surface area contributed by atoms with Gasteiger partial charge in [0.2, 0.25) is 5.91 Å². The van der Waals surface area contributed by atoms with Gasteiger partial charge in [-0.05, 0) is 35.0 Å². The van der Waals surface area contributed by atoms with E-state index in [1.54, 1.807) is 6.07 Å². The number of ketones is 1. The first-order chi connectivity index (χ1) is 10.6. The molecule has 0 aliphatic heterocycles. The van der Waals surface area contributed by atoms with Crippen LogP contribution >= 0.6 is 11.3 Å². The zero-order chi connectivity index (χ0) is 15.5. The van der Waals surface area contributed by atoms with E-state index >= 15 is 0 Å². The SMILES string of the molecule is Cn1ccc2ccc(NC(=O)CCC(=O)c3cccs3)cc21. The molecule has 3 aromatic rings. The standard InChI is InChI=1S/C17H16N2O2S/c1-19-9-8-12-4-5-13(11-14(12)19)18-17(21)7-6-15(20)16-3-2-10-22-16/h2-5,8-11H,6-7H2,1H3,(H,18,21). The van der Waals surface area contributed by atoms with Crippen molar-refractivity contribution >= 4 is 39.6 Å². The van der Waals surface area contributed by atoms with Gasteiger partial charge in [-0.25, -0.2) is 0 Å². The molecule has 0 bridgehead atoms. The molecule has 0 radical (unpaired) electrons. The van der Waals surface area contributed by atoms with Crippen LogP contribution in [0.3, 0.4) is 0 Å². The summed E-state index contributed by atoms with van der Waals surface area (Å²) >= 11 is 1.41. The van der Waals surface area contributed by atoms with Gasteiger partial charge in [-0.1, -0.05) is 12.1 Å². The fourth-order valence-electron chi connectivity index (χ4n) is 2.35. The Morgan fingerprint density at radius 2 is 2.05 bits per heavy atom. The number of fused-ring (bicyclic) bond motifs is 1. The second-order valence-electron chi connectivity index (χ2n) is 5.15. The van der Waals surface area contributed by atoms with Crippen LogP contribution < -0.4 is 5.32 Å². The van der Waals surface area contributed by atoms with Crippen molar-refractivity contribution in [3.05, 3.63) is 52.9 Å². The van der Waals surface area contributed by atoms with E-state index in [-0.39, 0.29) is 24.5 Å². The van der Waals surface area contributed by atoms with E-state index in [9.17, 15) is 9.59 Å². The summed E-state index contributed by atoms with van der Waals surface area (Å²) in [6, 6.07) is 11.4. The number of carbonyl (C=O) groups excluding carboxylic acids is 2. The summed E-state index contributed by atoms with van der Waals surface area (Å²) in [6.45, 7) is 0. The minimum Gasteiger partial charge on any atom is -0.350 e. The maximum atomic E-state index is 12.0. The van der Waals surface area contributed by atoms with E-state index < -0.39 is 0 Å². The number of thiophene rings is 1. The molecule has 1 aromatic carbocycles. The van der Waals surface area contributed by atoms with Crippen molar-refractivity contribution in [3.63, 3.8) is 0 Å². The number of Topliss-reactive ketones (excluding diaryl/α,β-unsaturated/α-hetero) is 1. The van der Waals surface area contributed by atoms with Crippen LogP contribution in [-0.4, -0.2) is 16.3 Å². The molecule has 0 saturated heterocycles. The summed E-state index contributed by atoms with van der Waals surface area (Å²) < 4.78 is 2.01. The number of benzene rings is 1. The lowest BCUT2D eigenvalue weighted by molar-refractivity contribution is -0.116. The molecule has 2 heterocycles. The van der Waals surface area contributed by atoms with Crippen molar-refractivity contribution in [1.29, 1.82) is 0 Å². The summed E-state index contributed by atoms with van der Waals surface area (Å²) in [6.07, 6.45) is 2.41. The van der Waals surface area contributed by atoms with E-state index in [4.69, 9.17) is 0 Å². The first-order valence-corrected chi connectivity index (χ1v) is 7.93. The third-order valence-corrected chi connectivity index (χ3v) is 4.46. The molecule has 1 N–H and O–H groups in total. The third kappa shape index (κ3) is 3.09. The smallest absolute Gasteiger partial charge is 0.224 e. The van der Waals surface area contributed by atoms with Gasteiger partial charge in [-0.15, -0.1) is 11.3 Å². The molecule has 0 saturated carbocycles. The molecule has 0 aliphatic rings. The van der Waals surface area contributed by atoms with Crippen LogP contribution in [-0.2, 0) is 11.8 Å². The molecule has 3 rings (SSSR count). The molecule has 2 aromatic heterocycles. The number of rotatable bonds is 5. The predicted octanol–water partition coefficient (Wildman–Crippen LogP) is 3.84. The van der Waals surface area contributed by atoms with Gasteiger partial charge in [0.05, 0.1) is 4.88 Å². The molecule has 0 atom stereocenters. The first kappa shape index (κ1) is 14.5. The second-order valence-corrected chi connectivity index (χ2v) is 6.10. The van der Waals surface area contributed by atoms with Gasteiger partial charge < -0.3 is 9.88 Å². The fraction of sp³-hybridized carbons (Fsp3) is 0.176. The Kier molecular flexibility index (Phi) is 4.06. The summed E-state index contributed by atoms with van der Waals surface area (Å²) in [5.41, 5.74) is 1.82. The van der Waals surface area contributed by atoms with E-state index in [0.717, 1.165) is 16.6 Å². The number of hydrogen-bond acceptors (Lipinski definition) is 3. The van der Waals surface area contributed by atoms with Crippen LogP contribution in [0.25, 0.3) is 10.9 Å². The average Bonchev–Trinajstić information content (AvgIpc) is 3.16. The normalized spacial score (nSPS) is 10.8. The molecule has 0 spiro atoms. The molecule has 5 heteroatoms. The molecular weight excluding hydrogens is 296 g/mol.